The summed E-state index contributed by atoms with van der Waals surface area (Å²) < 4.78 is 5.40. The van der Waals surface area contributed by atoms with Crippen LogP contribution in [0.5, 0.6) is 0 Å². The van der Waals surface area contributed by atoms with E-state index in [1.165, 1.54) is 0 Å². The fourth-order valence-corrected chi connectivity index (χ4v) is 6.62. The van der Waals surface area contributed by atoms with Crippen LogP contribution in [0.2, 0.25) is 0 Å². The molecule has 3 heterocycles. The molecule has 5 atom stereocenters. The van der Waals surface area contributed by atoms with Crippen molar-refractivity contribution in [3.8, 4) is 22.4 Å². The summed E-state index contributed by atoms with van der Waals surface area (Å²) in [7, 11) is 0. The zero-order valence-corrected chi connectivity index (χ0v) is 31.2. The highest BCUT2D eigenvalue weighted by Gasteiger charge is 2.42. The van der Waals surface area contributed by atoms with Gasteiger partial charge in [-0.25, -0.2) is 19.7 Å². The second-order valence-corrected chi connectivity index (χ2v) is 14.9. The molecule has 3 unspecified atom stereocenters. The lowest BCUT2D eigenvalue weighted by Crippen LogP contribution is -2.40. The quantitative estimate of drug-likeness (QED) is 0.112. The highest BCUT2D eigenvalue weighted by Crippen LogP contribution is 2.40. The molecule has 7 rings (SSSR count). The van der Waals surface area contributed by atoms with Crippen molar-refractivity contribution in [1.29, 1.82) is 0 Å². The van der Waals surface area contributed by atoms with E-state index in [1.807, 2.05) is 65.9 Å². The molecule has 0 bridgehead atoms. The minimum Gasteiger partial charge on any atom is -0.444 e. The number of aromatic nitrogens is 6. The maximum absolute atomic E-state index is 12.2. The van der Waals surface area contributed by atoms with E-state index in [9.17, 15) is 4.79 Å². The number of nitrogens with one attached hydrogen (secondary N) is 3. The van der Waals surface area contributed by atoms with Gasteiger partial charge in [0.15, 0.2) is 0 Å². The third-order valence-corrected chi connectivity index (χ3v) is 10.0. The number of carbonyl (C=O) groups is 1. The highest BCUT2D eigenvalue weighted by molar-refractivity contribution is 5.87. The van der Waals surface area contributed by atoms with E-state index in [-0.39, 0.29) is 18.1 Å². The molecule has 1 aliphatic rings. The van der Waals surface area contributed by atoms with E-state index in [2.05, 4.69) is 65.5 Å². The maximum Gasteiger partial charge on any atom is 0.407 e. The summed E-state index contributed by atoms with van der Waals surface area (Å²) in [5.41, 5.74) is 15.2. The van der Waals surface area contributed by atoms with Crippen LogP contribution in [0.3, 0.4) is 0 Å². The number of fused-ring (bicyclic) bond motifs is 3. The van der Waals surface area contributed by atoms with Gasteiger partial charge in [0.25, 0.3) is 0 Å². The molecule has 1 amide bonds. The van der Waals surface area contributed by atoms with Gasteiger partial charge in [-0.05, 0) is 106 Å². The molecule has 1 fully saturated rings. The van der Waals surface area contributed by atoms with Crippen LogP contribution in [0.25, 0.3) is 55.5 Å². The Kier molecular flexibility index (Phi) is 10.4. The lowest BCUT2D eigenvalue weighted by Gasteiger charge is -2.24. The molecule has 10 nitrogen and oxygen atoms in total. The summed E-state index contributed by atoms with van der Waals surface area (Å²) in [6, 6.07) is 19.1. The van der Waals surface area contributed by atoms with E-state index in [4.69, 9.17) is 30.4 Å². The number of aromatic amines is 2. The first kappa shape index (κ1) is 36.0. The largest absolute Gasteiger partial charge is 0.444 e. The SMILES string of the molecule is CC.CC(CCc1nc2ccc(-c3cnc4cc(-c5ccc6nc(CCC7C(N)[C@@H]7C)[nH]c6c5)ccc4n3)cc2[nH]1)[C@@H](C)NC(=O)OC(C)(C)C. The fraction of sp³-hybridized carbons (Fsp3) is 0.439. The Morgan fingerprint density at radius 3 is 2.04 bits per heavy atom. The Hall–Kier alpha value is -4.83. The van der Waals surface area contributed by atoms with E-state index >= 15 is 0 Å². The Labute approximate surface area is 300 Å². The molecule has 3 aromatic carbocycles. The average Bonchev–Trinajstić information content (AvgIpc) is 3.42. The summed E-state index contributed by atoms with van der Waals surface area (Å²) in [6.07, 6.45) is 5.09. The maximum atomic E-state index is 12.2. The number of nitrogens with two attached hydrogens (primary N) is 1. The van der Waals surface area contributed by atoms with Gasteiger partial charge in [-0.15, -0.1) is 0 Å². The van der Waals surface area contributed by atoms with Crippen molar-refractivity contribution in [3.63, 3.8) is 0 Å². The molecule has 0 saturated heterocycles. The second-order valence-electron chi connectivity index (χ2n) is 14.9. The summed E-state index contributed by atoms with van der Waals surface area (Å²) in [6.45, 7) is 16.0. The molecule has 51 heavy (non-hydrogen) atoms. The van der Waals surface area contributed by atoms with Crippen LogP contribution in [0, 0.1) is 17.8 Å². The van der Waals surface area contributed by atoms with Crippen molar-refractivity contribution < 1.29 is 9.53 Å². The van der Waals surface area contributed by atoms with Gasteiger partial charge in [0.05, 0.1) is 45.0 Å². The number of alkyl carbamates (subject to hydrolysis) is 1. The van der Waals surface area contributed by atoms with Gasteiger partial charge in [0.1, 0.15) is 17.2 Å². The van der Waals surface area contributed by atoms with Crippen LogP contribution in [0.15, 0.2) is 60.8 Å². The molecule has 1 aliphatic carbocycles. The number of hydrogen-bond donors (Lipinski definition) is 4. The van der Waals surface area contributed by atoms with Crippen molar-refractivity contribution in [2.45, 2.75) is 98.8 Å². The predicted molar refractivity (Wildman–Crippen MR) is 206 cm³/mol. The normalized spacial score (nSPS) is 18.3. The number of aryl methyl sites for hydroxylation is 2. The topological polar surface area (TPSA) is 147 Å². The molecule has 0 radical (unpaired) electrons. The molecule has 0 aliphatic heterocycles. The molecule has 268 valence electrons. The third-order valence-electron chi connectivity index (χ3n) is 10.0. The second kappa shape index (κ2) is 14.8. The first-order valence-corrected chi connectivity index (χ1v) is 18.4. The minimum atomic E-state index is -0.519. The van der Waals surface area contributed by atoms with Gasteiger partial charge in [-0.2, -0.15) is 0 Å². The van der Waals surface area contributed by atoms with Gasteiger partial charge >= 0.3 is 6.09 Å². The van der Waals surface area contributed by atoms with E-state index in [0.717, 1.165) is 92.8 Å². The number of amides is 1. The van der Waals surface area contributed by atoms with Crippen molar-refractivity contribution in [1.82, 2.24) is 35.2 Å². The lowest BCUT2D eigenvalue weighted by molar-refractivity contribution is 0.0493. The van der Waals surface area contributed by atoms with Crippen LogP contribution in [0.1, 0.15) is 79.9 Å². The first-order chi connectivity index (χ1) is 24.4. The molecular formula is C41H52N8O2. The zero-order valence-electron chi connectivity index (χ0n) is 31.2. The predicted octanol–water partition coefficient (Wildman–Crippen LogP) is 8.75. The van der Waals surface area contributed by atoms with Gasteiger partial charge in [0.2, 0.25) is 0 Å². The smallest absolute Gasteiger partial charge is 0.407 e. The number of H-pyrrole nitrogens is 2. The number of ether oxygens (including phenoxy) is 1. The third kappa shape index (κ3) is 8.39. The summed E-state index contributed by atoms with van der Waals surface area (Å²) in [5, 5.41) is 2.95. The zero-order chi connectivity index (χ0) is 36.4. The number of nitrogens with zero attached hydrogens (tertiary/aromatic N) is 4. The van der Waals surface area contributed by atoms with Crippen molar-refractivity contribution in [2.75, 3.05) is 0 Å². The standard InChI is InChI=1S/C39H46N8O2.C2H6/c1-21(23(3)42-38(48)49-39(4,5)6)7-15-35-44-30-14-10-26(19-33(30)47-35)34-20-41-31-17-24(8-12-28(31)43-34)25-9-13-29-32(18-25)46-36(45-29)16-11-27-22(2)37(27)40;1-2/h8-10,12-14,17-23,27,37H,7,11,15-16,40H2,1-6H3,(H,42,48)(H,44,47)(H,45,46);1-2H3/t21?,22-,23-,27?,37?;/m1./s1. The number of carbonyl (C=O) groups excluding carboxylic acids is 1. The highest BCUT2D eigenvalue weighted by atomic mass is 16.6. The molecule has 10 heteroatoms. The van der Waals surface area contributed by atoms with Crippen molar-refractivity contribution >= 4 is 39.2 Å². The molecular weight excluding hydrogens is 637 g/mol. The minimum absolute atomic E-state index is 0.0206. The van der Waals surface area contributed by atoms with Gasteiger partial charge < -0.3 is 25.8 Å². The van der Waals surface area contributed by atoms with Gasteiger partial charge in [-0.3, -0.25) is 4.98 Å². The van der Waals surface area contributed by atoms with Crippen molar-refractivity contribution in [2.24, 2.45) is 23.5 Å². The molecule has 1 saturated carbocycles. The van der Waals surface area contributed by atoms with Crippen LogP contribution >= 0.6 is 0 Å². The average molecular weight is 689 g/mol. The van der Waals surface area contributed by atoms with Gasteiger partial charge in [-0.1, -0.05) is 45.9 Å². The summed E-state index contributed by atoms with van der Waals surface area (Å²) in [5.74, 6) is 3.42. The Morgan fingerprint density at radius 2 is 1.41 bits per heavy atom. The lowest BCUT2D eigenvalue weighted by atomic mass is 9.98. The number of imidazole rings is 2. The van der Waals surface area contributed by atoms with Crippen LogP contribution in [0.4, 0.5) is 4.79 Å². The number of benzene rings is 3. The van der Waals surface area contributed by atoms with Crippen molar-refractivity contribution in [3.05, 3.63) is 72.4 Å². The monoisotopic (exact) mass is 688 g/mol. The Morgan fingerprint density at radius 1 is 0.843 bits per heavy atom. The molecule has 0 spiro atoms. The Bertz CT molecular complexity index is 2140. The Balaban J connectivity index is 0.00000220. The molecule has 3 aromatic heterocycles. The molecule has 6 aromatic rings. The molecule has 5 N–H and O–H groups in total. The van der Waals surface area contributed by atoms with Crippen LogP contribution in [-0.2, 0) is 17.6 Å². The summed E-state index contributed by atoms with van der Waals surface area (Å²) >= 11 is 0. The van der Waals surface area contributed by atoms with E-state index in [0.29, 0.717) is 17.9 Å². The number of hydrogen-bond acceptors (Lipinski definition) is 7. The van der Waals surface area contributed by atoms with E-state index in [1.54, 1.807) is 0 Å². The first-order valence-electron chi connectivity index (χ1n) is 18.4. The van der Waals surface area contributed by atoms with Crippen LogP contribution in [-0.4, -0.2) is 53.7 Å². The van der Waals surface area contributed by atoms with E-state index < -0.39 is 5.60 Å². The van der Waals surface area contributed by atoms with Crippen LogP contribution < -0.4 is 11.1 Å². The fourth-order valence-electron chi connectivity index (χ4n) is 6.62. The number of rotatable bonds is 10. The van der Waals surface area contributed by atoms with Gasteiger partial charge in [0, 0.05) is 30.5 Å². The summed E-state index contributed by atoms with van der Waals surface area (Å²) in [4.78, 5) is 38.6.